The number of aromatic amines is 1. The van der Waals surface area contributed by atoms with Crippen molar-refractivity contribution in [2.75, 3.05) is 14.2 Å². The quantitative estimate of drug-likeness (QED) is 0.810. The van der Waals surface area contributed by atoms with E-state index < -0.39 is 5.56 Å². The minimum Gasteiger partial charge on any atom is -0.493 e. The van der Waals surface area contributed by atoms with E-state index >= 15 is 0 Å². The van der Waals surface area contributed by atoms with Crippen molar-refractivity contribution in [3.8, 4) is 28.7 Å². The second-order valence-electron chi connectivity index (χ2n) is 4.38. The van der Waals surface area contributed by atoms with Crippen molar-refractivity contribution in [1.82, 2.24) is 4.98 Å². The lowest BCUT2D eigenvalue weighted by Crippen LogP contribution is -2.12. The Bertz CT molecular complexity index is 791. The predicted molar refractivity (Wildman–Crippen MR) is 87.8 cm³/mol. The second-order valence-corrected chi connectivity index (χ2v) is 5.54. The number of rotatable bonds is 3. The lowest BCUT2D eigenvalue weighted by atomic mass is 10.0. The number of aromatic nitrogens is 1. The molecule has 0 bridgehead atoms. The summed E-state index contributed by atoms with van der Waals surface area (Å²) < 4.78 is 11.5. The fourth-order valence-corrected chi connectivity index (χ4v) is 2.92. The Balaban J connectivity index is 2.77. The Labute approximate surface area is 135 Å². The summed E-state index contributed by atoms with van der Waals surface area (Å²) in [5.41, 5.74) is 1.71. The molecule has 1 aromatic heterocycles. The number of nitrogens with one attached hydrogen (secondary N) is 1. The minimum atomic E-state index is -0.391. The molecule has 1 aromatic carbocycles. The zero-order valence-corrected chi connectivity index (χ0v) is 13.9. The van der Waals surface area contributed by atoms with Crippen molar-refractivity contribution in [3.63, 3.8) is 0 Å². The molecule has 0 unspecified atom stereocenters. The van der Waals surface area contributed by atoms with E-state index in [1.165, 1.54) is 0 Å². The summed E-state index contributed by atoms with van der Waals surface area (Å²) in [5.74, 6) is 1.18. The predicted octanol–water partition coefficient (Wildman–Crippen LogP) is 2.84. The van der Waals surface area contributed by atoms with Crippen molar-refractivity contribution in [2.24, 2.45) is 0 Å². The van der Waals surface area contributed by atoms with Gasteiger partial charge in [0, 0.05) is 11.3 Å². The van der Waals surface area contributed by atoms with Crippen molar-refractivity contribution in [3.05, 3.63) is 43.4 Å². The van der Waals surface area contributed by atoms with Crippen LogP contribution in [0.4, 0.5) is 0 Å². The zero-order chi connectivity index (χ0) is 15.6. The Morgan fingerprint density at radius 1 is 1.24 bits per heavy atom. The number of H-pyrrole nitrogens is 1. The first-order valence-electron chi connectivity index (χ1n) is 6.07. The summed E-state index contributed by atoms with van der Waals surface area (Å²) in [6, 6.07) is 7.35. The summed E-state index contributed by atoms with van der Waals surface area (Å²) in [7, 11) is 3.11. The van der Waals surface area contributed by atoms with Gasteiger partial charge in [0.05, 0.1) is 17.8 Å². The Morgan fingerprint density at radius 2 is 1.95 bits per heavy atom. The van der Waals surface area contributed by atoms with E-state index in [0.717, 1.165) is 9.13 Å². The van der Waals surface area contributed by atoms with Gasteiger partial charge in [-0.2, -0.15) is 5.26 Å². The molecule has 2 rings (SSSR count). The fraction of sp³-hybridized carbons (Fsp3) is 0.200. The van der Waals surface area contributed by atoms with Crippen LogP contribution in [0.15, 0.2) is 23.0 Å². The molecule has 0 saturated heterocycles. The molecule has 0 saturated carbocycles. The molecular weight excluding hydrogens is 383 g/mol. The summed E-state index contributed by atoms with van der Waals surface area (Å²) in [4.78, 5) is 14.5. The minimum absolute atomic E-state index is 0.0867. The fourth-order valence-electron chi connectivity index (χ4n) is 2.10. The average Bonchev–Trinajstić information content (AvgIpc) is 2.45. The van der Waals surface area contributed by atoms with Gasteiger partial charge in [0.1, 0.15) is 11.6 Å². The molecule has 0 atom stereocenters. The van der Waals surface area contributed by atoms with Crippen LogP contribution in [0.3, 0.4) is 0 Å². The third-order valence-corrected chi connectivity index (χ3v) is 3.83. The third kappa shape index (κ3) is 2.88. The molecule has 2 aromatic rings. The van der Waals surface area contributed by atoms with E-state index in [4.69, 9.17) is 9.47 Å². The Hall–Kier alpha value is -2.01. The number of ether oxygens (including phenoxy) is 2. The van der Waals surface area contributed by atoms with Crippen LogP contribution in [0.5, 0.6) is 11.5 Å². The summed E-state index contributed by atoms with van der Waals surface area (Å²) >= 11 is 2.13. The molecule has 0 amide bonds. The van der Waals surface area contributed by atoms with Crippen LogP contribution in [-0.4, -0.2) is 19.2 Å². The van der Waals surface area contributed by atoms with Gasteiger partial charge in [-0.05, 0) is 53.3 Å². The molecule has 0 aliphatic carbocycles. The molecule has 1 heterocycles. The largest absolute Gasteiger partial charge is 0.493 e. The second kappa shape index (κ2) is 6.18. The normalized spacial score (nSPS) is 10.0. The van der Waals surface area contributed by atoms with Crippen molar-refractivity contribution in [1.29, 1.82) is 5.26 Å². The molecular formula is C15H13IN2O3. The summed E-state index contributed by atoms with van der Waals surface area (Å²) in [5, 5.41) is 9.22. The monoisotopic (exact) mass is 396 g/mol. The van der Waals surface area contributed by atoms with Crippen LogP contribution in [0.2, 0.25) is 0 Å². The van der Waals surface area contributed by atoms with Crippen LogP contribution in [-0.2, 0) is 0 Å². The van der Waals surface area contributed by atoms with Crippen LogP contribution < -0.4 is 15.0 Å². The van der Waals surface area contributed by atoms with E-state index in [2.05, 4.69) is 27.6 Å². The first-order valence-corrected chi connectivity index (χ1v) is 7.15. The van der Waals surface area contributed by atoms with Gasteiger partial charge in [-0.15, -0.1) is 0 Å². The van der Waals surface area contributed by atoms with E-state index in [1.807, 2.05) is 12.1 Å². The van der Waals surface area contributed by atoms with Gasteiger partial charge >= 0.3 is 0 Å². The Morgan fingerprint density at radius 3 is 2.52 bits per heavy atom. The van der Waals surface area contributed by atoms with Crippen LogP contribution in [0.1, 0.15) is 11.3 Å². The number of hydrogen-bond donors (Lipinski definition) is 1. The number of hydrogen-bond acceptors (Lipinski definition) is 4. The highest BCUT2D eigenvalue weighted by molar-refractivity contribution is 14.1. The maximum Gasteiger partial charge on any atom is 0.266 e. The average molecular weight is 396 g/mol. The molecule has 0 aliphatic rings. The molecule has 0 spiro atoms. The van der Waals surface area contributed by atoms with Gasteiger partial charge in [-0.25, -0.2) is 0 Å². The molecule has 1 N–H and O–H groups in total. The van der Waals surface area contributed by atoms with Gasteiger partial charge in [0.2, 0.25) is 0 Å². The van der Waals surface area contributed by atoms with Crippen molar-refractivity contribution < 1.29 is 9.47 Å². The van der Waals surface area contributed by atoms with Gasteiger partial charge in [0.15, 0.2) is 11.5 Å². The highest BCUT2D eigenvalue weighted by atomic mass is 127. The van der Waals surface area contributed by atoms with Gasteiger partial charge in [-0.1, -0.05) is 0 Å². The van der Waals surface area contributed by atoms with E-state index in [0.29, 0.717) is 22.8 Å². The van der Waals surface area contributed by atoms with E-state index in [9.17, 15) is 10.1 Å². The molecule has 5 nitrogen and oxygen atoms in total. The van der Waals surface area contributed by atoms with Crippen molar-refractivity contribution >= 4 is 22.6 Å². The Kier molecular flexibility index (Phi) is 4.53. The molecule has 21 heavy (non-hydrogen) atoms. The first-order chi connectivity index (χ1) is 10.0. The number of halogens is 1. The number of pyridine rings is 1. The molecule has 0 aliphatic heterocycles. The first kappa shape index (κ1) is 15.4. The molecule has 0 radical (unpaired) electrons. The van der Waals surface area contributed by atoms with Crippen LogP contribution in [0.25, 0.3) is 11.1 Å². The van der Waals surface area contributed by atoms with Crippen LogP contribution in [0, 0.1) is 21.8 Å². The van der Waals surface area contributed by atoms with E-state index in [-0.39, 0.29) is 5.56 Å². The van der Waals surface area contributed by atoms with Gasteiger partial charge < -0.3 is 14.5 Å². The number of methoxy groups -OCH3 is 2. The highest BCUT2D eigenvalue weighted by Gasteiger charge is 2.15. The third-order valence-electron chi connectivity index (χ3n) is 3.02. The smallest absolute Gasteiger partial charge is 0.266 e. The topological polar surface area (TPSA) is 75.1 Å². The number of nitrogens with zero attached hydrogens (tertiary/aromatic N) is 1. The van der Waals surface area contributed by atoms with Crippen LogP contribution >= 0.6 is 22.6 Å². The molecule has 6 heteroatoms. The number of benzene rings is 1. The van der Waals surface area contributed by atoms with Crippen molar-refractivity contribution in [2.45, 2.75) is 6.92 Å². The molecule has 0 fully saturated rings. The van der Waals surface area contributed by atoms with Gasteiger partial charge in [0.25, 0.3) is 5.56 Å². The summed E-state index contributed by atoms with van der Waals surface area (Å²) in [6.07, 6.45) is 0. The SMILES string of the molecule is COc1cc(-c2cc(C)[nH]c(=O)c2C#N)cc(I)c1OC. The lowest BCUT2D eigenvalue weighted by molar-refractivity contribution is 0.353. The number of nitriles is 1. The van der Waals surface area contributed by atoms with Gasteiger partial charge in [-0.3, -0.25) is 4.79 Å². The highest BCUT2D eigenvalue weighted by Crippen LogP contribution is 2.37. The lowest BCUT2D eigenvalue weighted by Gasteiger charge is -2.13. The van der Waals surface area contributed by atoms with E-state index in [1.54, 1.807) is 33.3 Å². The standard InChI is InChI=1S/C15H13IN2O3/c1-8-4-10(11(7-17)15(19)18-8)9-5-12(16)14(21-3)13(6-9)20-2/h4-6H,1-3H3,(H,18,19). The summed E-state index contributed by atoms with van der Waals surface area (Å²) in [6.45, 7) is 1.78. The molecule has 108 valence electrons. The maximum absolute atomic E-state index is 11.9. The maximum atomic E-state index is 11.9. The zero-order valence-electron chi connectivity index (χ0n) is 11.8. The number of aryl methyl sites for hydroxylation is 1.